The molecule has 0 aliphatic carbocycles. The smallest absolute Gasteiger partial charge is 0.143 e. The van der Waals surface area contributed by atoms with Gasteiger partial charge >= 0.3 is 0 Å². The van der Waals surface area contributed by atoms with E-state index in [4.69, 9.17) is 10.6 Å². The van der Waals surface area contributed by atoms with Crippen LogP contribution in [-0.4, -0.2) is 4.98 Å². The van der Waals surface area contributed by atoms with Gasteiger partial charge in [-0.2, -0.15) is 0 Å². The lowest BCUT2D eigenvalue weighted by molar-refractivity contribution is 0.482. The molecule has 0 spiro atoms. The Morgan fingerprint density at radius 2 is 1.52 bits per heavy atom. The van der Waals surface area contributed by atoms with Crippen molar-refractivity contribution in [3.63, 3.8) is 0 Å². The molecule has 0 aliphatic heterocycles. The monoisotopic (exact) mass is 277 g/mol. The second-order valence-electron chi connectivity index (χ2n) is 4.51. The molecule has 21 heavy (non-hydrogen) atoms. The first kappa shape index (κ1) is 13.1. The molecule has 0 bridgehead atoms. The fourth-order valence-electron chi connectivity index (χ4n) is 2.04. The largest absolute Gasteiger partial charge is 0.457 e. The standard InChI is InChI=1S/C17H15N3O/c18-20-17-12-16(10-11-19-17)21-15-8-6-14(7-9-15)13-4-2-1-3-5-13/h1-12H,18H2,(H,19,20). The molecule has 0 radical (unpaired) electrons. The average molecular weight is 277 g/mol. The molecule has 0 saturated carbocycles. The highest BCUT2D eigenvalue weighted by Crippen LogP contribution is 2.26. The van der Waals surface area contributed by atoms with Gasteiger partial charge in [-0.3, -0.25) is 0 Å². The highest BCUT2D eigenvalue weighted by Gasteiger charge is 2.01. The van der Waals surface area contributed by atoms with Crippen molar-refractivity contribution in [1.82, 2.24) is 4.98 Å². The molecular weight excluding hydrogens is 262 g/mol. The van der Waals surface area contributed by atoms with Crippen LogP contribution in [0.2, 0.25) is 0 Å². The number of rotatable bonds is 4. The molecular formula is C17H15N3O. The Hall–Kier alpha value is -2.85. The molecule has 3 rings (SSSR count). The van der Waals surface area contributed by atoms with Crippen LogP contribution in [0.5, 0.6) is 11.5 Å². The van der Waals surface area contributed by atoms with E-state index in [1.165, 1.54) is 5.56 Å². The molecule has 0 saturated heterocycles. The maximum atomic E-state index is 5.78. The van der Waals surface area contributed by atoms with E-state index in [2.05, 4.69) is 22.5 Å². The normalized spacial score (nSPS) is 10.1. The minimum atomic E-state index is 0.563. The van der Waals surface area contributed by atoms with Crippen molar-refractivity contribution in [1.29, 1.82) is 0 Å². The van der Waals surface area contributed by atoms with Gasteiger partial charge in [-0.05, 0) is 29.3 Å². The lowest BCUT2D eigenvalue weighted by Crippen LogP contribution is -2.08. The van der Waals surface area contributed by atoms with E-state index in [0.29, 0.717) is 11.6 Å². The van der Waals surface area contributed by atoms with Crippen LogP contribution < -0.4 is 16.0 Å². The predicted octanol–water partition coefficient (Wildman–Crippen LogP) is 3.83. The Kier molecular flexibility index (Phi) is 3.80. The number of pyridine rings is 1. The molecule has 3 N–H and O–H groups in total. The fraction of sp³-hybridized carbons (Fsp3) is 0. The van der Waals surface area contributed by atoms with Gasteiger partial charge in [0.15, 0.2) is 0 Å². The molecule has 2 aromatic carbocycles. The third-order valence-corrected chi connectivity index (χ3v) is 3.08. The van der Waals surface area contributed by atoms with Crippen LogP contribution in [0.25, 0.3) is 11.1 Å². The number of nitrogens with zero attached hydrogens (tertiary/aromatic N) is 1. The number of hydrazine groups is 1. The second kappa shape index (κ2) is 6.07. The summed E-state index contributed by atoms with van der Waals surface area (Å²) in [5.74, 6) is 7.34. The summed E-state index contributed by atoms with van der Waals surface area (Å²) in [6.45, 7) is 0. The Balaban J connectivity index is 1.78. The van der Waals surface area contributed by atoms with Crippen molar-refractivity contribution in [2.24, 2.45) is 5.84 Å². The van der Waals surface area contributed by atoms with Crippen molar-refractivity contribution in [2.75, 3.05) is 5.43 Å². The van der Waals surface area contributed by atoms with Crippen LogP contribution in [0.15, 0.2) is 72.9 Å². The van der Waals surface area contributed by atoms with Crippen molar-refractivity contribution in [3.05, 3.63) is 72.9 Å². The SMILES string of the molecule is NNc1cc(Oc2ccc(-c3ccccc3)cc2)ccn1. The van der Waals surface area contributed by atoms with Crippen LogP contribution in [0.1, 0.15) is 0 Å². The zero-order valence-electron chi connectivity index (χ0n) is 11.4. The first-order valence-corrected chi connectivity index (χ1v) is 6.61. The lowest BCUT2D eigenvalue weighted by Gasteiger charge is -2.08. The molecule has 0 fully saturated rings. The Morgan fingerprint density at radius 3 is 2.24 bits per heavy atom. The van der Waals surface area contributed by atoms with Crippen LogP contribution in [0.3, 0.4) is 0 Å². The summed E-state index contributed by atoms with van der Waals surface area (Å²) in [5, 5.41) is 0. The minimum Gasteiger partial charge on any atom is -0.457 e. The molecule has 0 aliphatic rings. The van der Waals surface area contributed by atoms with Crippen molar-refractivity contribution in [3.8, 4) is 22.6 Å². The summed E-state index contributed by atoms with van der Waals surface area (Å²) in [6.07, 6.45) is 1.64. The van der Waals surface area contributed by atoms with Gasteiger partial charge in [0, 0.05) is 12.3 Å². The zero-order chi connectivity index (χ0) is 14.5. The van der Waals surface area contributed by atoms with Gasteiger partial charge in [0.1, 0.15) is 17.3 Å². The van der Waals surface area contributed by atoms with Gasteiger partial charge < -0.3 is 10.2 Å². The maximum absolute atomic E-state index is 5.78. The Bertz CT molecular complexity index is 712. The molecule has 0 amide bonds. The predicted molar refractivity (Wildman–Crippen MR) is 84.0 cm³/mol. The molecule has 1 aromatic heterocycles. The lowest BCUT2D eigenvalue weighted by atomic mass is 10.1. The van der Waals surface area contributed by atoms with E-state index in [1.54, 1.807) is 18.3 Å². The third-order valence-electron chi connectivity index (χ3n) is 3.08. The first-order chi connectivity index (χ1) is 10.3. The Morgan fingerprint density at radius 1 is 0.810 bits per heavy atom. The molecule has 4 nitrogen and oxygen atoms in total. The summed E-state index contributed by atoms with van der Waals surface area (Å²) in [4.78, 5) is 4.04. The van der Waals surface area contributed by atoms with Gasteiger partial charge in [-0.1, -0.05) is 42.5 Å². The number of aromatic nitrogens is 1. The number of benzene rings is 2. The first-order valence-electron chi connectivity index (χ1n) is 6.61. The number of nitrogens with two attached hydrogens (primary N) is 1. The summed E-state index contributed by atoms with van der Waals surface area (Å²) in [7, 11) is 0. The van der Waals surface area contributed by atoms with Crippen LogP contribution >= 0.6 is 0 Å². The van der Waals surface area contributed by atoms with Crippen molar-refractivity contribution < 1.29 is 4.74 Å². The van der Waals surface area contributed by atoms with E-state index in [0.717, 1.165) is 11.3 Å². The maximum Gasteiger partial charge on any atom is 0.143 e. The summed E-state index contributed by atoms with van der Waals surface area (Å²) >= 11 is 0. The topological polar surface area (TPSA) is 60.2 Å². The highest BCUT2D eigenvalue weighted by atomic mass is 16.5. The number of hydrogen-bond donors (Lipinski definition) is 2. The number of anilines is 1. The van der Waals surface area contributed by atoms with Gasteiger partial charge in [-0.25, -0.2) is 10.8 Å². The highest BCUT2D eigenvalue weighted by molar-refractivity contribution is 5.64. The van der Waals surface area contributed by atoms with Crippen molar-refractivity contribution in [2.45, 2.75) is 0 Å². The number of ether oxygens (including phenoxy) is 1. The summed E-state index contributed by atoms with van der Waals surface area (Å²) < 4.78 is 5.78. The average Bonchev–Trinajstić information content (AvgIpc) is 2.56. The second-order valence-corrected chi connectivity index (χ2v) is 4.51. The molecule has 0 unspecified atom stereocenters. The Labute approximate surface area is 123 Å². The molecule has 3 aromatic rings. The number of nitrogen functional groups attached to an aromatic ring is 1. The van der Waals surface area contributed by atoms with Gasteiger partial charge in [0.25, 0.3) is 0 Å². The van der Waals surface area contributed by atoms with E-state index in [1.807, 2.05) is 42.5 Å². The zero-order valence-corrected chi connectivity index (χ0v) is 11.4. The van der Waals surface area contributed by atoms with E-state index >= 15 is 0 Å². The summed E-state index contributed by atoms with van der Waals surface area (Å²) in [5.41, 5.74) is 4.83. The fourth-order valence-corrected chi connectivity index (χ4v) is 2.04. The molecule has 0 atom stereocenters. The van der Waals surface area contributed by atoms with E-state index < -0.39 is 0 Å². The number of hydrogen-bond acceptors (Lipinski definition) is 4. The van der Waals surface area contributed by atoms with Gasteiger partial charge in [0.2, 0.25) is 0 Å². The molecule has 4 heteroatoms. The van der Waals surface area contributed by atoms with Crippen LogP contribution in [0, 0.1) is 0 Å². The molecule has 104 valence electrons. The quantitative estimate of drug-likeness (QED) is 0.562. The van der Waals surface area contributed by atoms with Crippen LogP contribution in [0.4, 0.5) is 5.82 Å². The minimum absolute atomic E-state index is 0.563. The van der Waals surface area contributed by atoms with Crippen molar-refractivity contribution >= 4 is 5.82 Å². The van der Waals surface area contributed by atoms with Crippen LogP contribution in [-0.2, 0) is 0 Å². The van der Waals surface area contributed by atoms with Gasteiger partial charge in [0.05, 0.1) is 0 Å². The van der Waals surface area contributed by atoms with Gasteiger partial charge in [-0.15, -0.1) is 0 Å². The van der Waals surface area contributed by atoms with E-state index in [9.17, 15) is 0 Å². The molecule has 1 heterocycles. The third kappa shape index (κ3) is 3.19. The van der Waals surface area contributed by atoms with E-state index in [-0.39, 0.29) is 0 Å². The summed E-state index contributed by atoms with van der Waals surface area (Å²) in [6, 6.07) is 21.7. The number of nitrogens with one attached hydrogen (secondary N) is 1.